The standard InChI is InChI=1S/C50H76O15/c1-26-13-12-16-33-25-58-47-42(52)28(3)19-36(50(33,47)55)48(54)61-35-20-34(64-49(23-35)24-37(51)29(4)45(65-49)32-14-10-9-11-15-32)18-17-27(2)44(26)62-41-22-39(57-8)46(31(6)60-41)63-40-21-38(56-7)43(53)30(5)59-40/h12-13,16-17,19,26,29-32,34-47,51-53,55H,9-11,14-15,18,20-25H2,1-8H3/b13-12-,27-17-,33-16-/t26-,29-,30-,31-,34+,35-,36+,37+,38-,39-,40-,41-,42+,43-,44+,45?,46-,47-,49-,50-/m0/s1. The third-order valence-corrected chi connectivity index (χ3v) is 15.9. The number of aliphatic hydroxyl groups excluding tert-OH is 3. The maximum atomic E-state index is 14.5. The van der Waals surface area contributed by atoms with Gasteiger partial charge in [0.05, 0.1) is 55.4 Å². The van der Waals surface area contributed by atoms with Crippen LogP contribution in [0.4, 0.5) is 0 Å². The summed E-state index contributed by atoms with van der Waals surface area (Å²) in [5.74, 6) is -2.95. The average molecular weight is 917 g/mol. The van der Waals surface area contributed by atoms with Gasteiger partial charge >= 0.3 is 5.97 Å². The van der Waals surface area contributed by atoms with E-state index in [-0.39, 0.29) is 37.4 Å². The van der Waals surface area contributed by atoms with Crippen molar-refractivity contribution in [2.24, 2.45) is 23.7 Å². The molecule has 0 amide bonds. The summed E-state index contributed by atoms with van der Waals surface area (Å²) in [5.41, 5.74) is 0.0560. The molecular formula is C50H76O15. The van der Waals surface area contributed by atoms with Gasteiger partial charge in [0.1, 0.15) is 42.0 Å². The highest BCUT2D eigenvalue weighted by molar-refractivity contribution is 5.78. The SMILES string of the molecule is CO[C@H]1C[C@H](O[C@H]2[C@H](C)O[C@@H](O[C@H]3/C(C)=C\C[C@@H]4C[C@@H](C[C@]5(C[C@@H](O)[C@H](C)C(C6CCCCC6)O5)O4)OC(=O)[C@H]4C=C(C)[C@@H](O)[C@@H]5OC/C(=C/C=C\[C@@H]3C)[C@]45O)C[C@@H]2OC)O[C@@H](C)[C@@H]1O. The molecule has 8 aliphatic rings. The monoisotopic (exact) mass is 917 g/mol. The number of methoxy groups -OCH3 is 2. The van der Waals surface area contributed by atoms with Gasteiger partial charge in [-0.2, -0.15) is 0 Å². The van der Waals surface area contributed by atoms with E-state index < -0.39 is 109 Å². The Morgan fingerprint density at radius 2 is 1.52 bits per heavy atom. The van der Waals surface area contributed by atoms with Gasteiger partial charge in [0, 0.05) is 58.2 Å². The van der Waals surface area contributed by atoms with Crippen LogP contribution in [0.25, 0.3) is 0 Å². The van der Waals surface area contributed by atoms with Crippen molar-refractivity contribution in [2.45, 2.75) is 215 Å². The van der Waals surface area contributed by atoms with Crippen molar-refractivity contribution in [3.05, 3.63) is 47.1 Å². The van der Waals surface area contributed by atoms with Crippen LogP contribution in [0.2, 0.25) is 0 Å². The lowest BCUT2D eigenvalue weighted by Crippen LogP contribution is -2.60. The quantitative estimate of drug-likeness (QED) is 0.195. The maximum absolute atomic E-state index is 14.5. The van der Waals surface area contributed by atoms with E-state index in [0.29, 0.717) is 42.7 Å². The van der Waals surface area contributed by atoms with Gasteiger partial charge in [-0.25, -0.2) is 0 Å². The number of carbonyl (C=O) groups is 1. The van der Waals surface area contributed by atoms with Gasteiger partial charge < -0.3 is 67.8 Å². The minimum Gasteiger partial charge on any atom is -0.462 e. The van der Waals surface area contributed by atoms with Gasteiger partial charge in [-0.3, -0.25) is 4.79 Å². The third kappa shape index (κ3) is 10.2. The van der Waals surface area contributed by atoms with Crippen LogP contribution < -0.4 is 0 Å². The number of ether oxygens (including phenoxy) is 10. The van der Waals surface area contributed by atoms with E-state index in [4.69, 9.17) is 47.4 Å². The Morgan fingerprint density at radius 3 is 2.26 bits per heavy atom. The first-order valence-corrected chi connectivity index (χ1v) is 24.4. The first kappa shape index (κ1) is 49.3. The Morgan fingerprint density at radius 1 is 0.815 bits per heavy atom. The van der Waals surface area contributed by atoms with E-state index in [0.717, 1.165) is 31.3 Å². The van der Waals surface area contributed by atoms with Crippen molar-refractivity contribution in [3.63, 3.8) is 0 Å². The zero-order chi connectivity index (χ0) is 46.4. The average Bonchev–Trinajstić information content (AvgIpc) is 3.62. The number of allylic oxidation sites excluding steroid dienone is 2. The lowest BCUT2D eigenvalue weighted by atomic mass is 9.71. The van der Waals surface area contributed by atoms with Crippen molar-refractivity contribution in [3.8, 4) is 0 Å². The van der Waals surface area contributed by atoms with Gasteiger partial charge in [-0.15, -0.1) is 0 Å². The fourth-order valence-electron chi connectivity index (χ4n) is 12.1. The predicted octanol–water partition coefficient (Wildman–Crippen LogP) is 5.11. The molecule has 1 spiro atoms. The minimum absolute atomic E-state index is 0.0165. The van der Waals surface area contributed by atoms with E-state index in [1.807, 2.05) is 26.0 Å². The molecular weight excluding hydrogens is 841 g/mol. The Labute approximate surface area is 384 Å². The van der Waals surface area contributed by atoms with E-state index in [1.165, 1.54) is 6.42 Å². The molecule has 15 nitrogen and oxygen atoms in total. The Hall–Kier alpha value is -2.09. The van der Waals surface area contributed by atoms with Gasteiger partial charge in [0.15, 0.2) is 18.4 Å². The number of hydrogen-bond donors (Lipinski definition) is 4. The minimum atomic E-state index is -1.86. The highest BCUT2D eigenvalue weighted by Gasteiger charge is 2.60. The summed E-state index contributed by atoms with van der Waals surface area (Å²) in [5, 5.41) is 46.0. The third-order valence-electron chi connectivity index (χ3n) is 15.9. The molecule has 8 rings (SSSR count). The van der Waals surface area contributed by atoms with Crippen molar-refractivity contribution in [1.82, 2.24) is 0 Å². The Kier molecular flexibility index (Phi) is 15.5. The zero-order valence-corrected chi connectivity index (χ0v) is 39.6. The smallest absolute Gasteiger partial charge is 0.316 e. The fraction of sp³-hybridized carbons (Fsp3) is 0.820. The summed E-state index contributed by atoms with van der Waals surface area (Å²) in [7, 11) is 3.21. The topological polar surface area (TPSA) is 190 Å². The second-order valence-corrected chi connectivity index (χ2v) is 20.5. The summed E-state index contributed by atoms with van der Waals surface area (Å²) in [6.45, 7) is 11.6. The molecule has 1 unspecified atom stereocenters. The van der Waals surface area contributed by atoms with Crippen LogP contribution in [0.3, 0.4) is 0 Å². The molecule has 6 aliphatic heterocycles. The van der Waals surface area contributed by atoms with Crippen molar-refractivity contribution >= 4 is 5.97 Å². The molecule has 2 bridgehead atoms. The van der Waals surface area contributed by atoms with Crippen LogP contribution in [-0.2, 0) is 52.2 Å². The summed E-state index contributed by atoms with van der Waals surface area (Å²) >= 11 is 0. The molecule has 5 saturated heterocycles. The second kappa shape index (κ2) is 20.5. The van der Waals surface area contributed by atoms with Crippen molar-refractivity contribution in [1.29, 1.82) is 0 Å². The number of aliphatic hydroxyl groups is 4. The predicted molar refractivity (Wildman–Crippen MR) is 236 cm³/mol. The highest BCUT2D eigenvalue weighted by Crippen LogP contribution is 2.49. The lowest BCUT2D eigenvalue weighted by molar-refractivity contribution is -0.355. The van der Waals surface area contributed by atoms with Gasteiger partial charge in [-0.1, -0.05) is 63.5 Å². The van der Waals surface area contributed by atoms with Crippen LogP contribution in [0.1, 0.15) is 112 Å². The second-order valence-electron chi connectivity index (χ2n) is 20.5. The van der Waals surface area contributed by atoms with Crippen LogP contribution in [0.5, 0.6) is 0 Å². The highest BCUT2D eigenvalue weighted by atomic mass is 16.7. The van der Waals surface area contributed by atoms with E-state index >= 15 is 0 Å². The Balaban J connectivity index is 1.09. The molecule has 366 valence electrons. The van der Waals surface area contributed by atoms with E-state index in [1.54, 1.807) is 40.2 Å². The summed E-state index contributed by atoms with van der Waals surface area (Å²) in [6.07, 6.45) is 7.96. The largest absolute Gasteiger partial charge is 0.462 e. The molecule has 0 aromatic carbocycles. The summed E-state index contributed by atoms with van der Waals surface area (Å²) in [6, 6.07) is 0. The van der Waals surface area contributed by atoms with Crippen LogP contribution in [0.15, 0.2) is 47.1 Å². The number of esters is 1. The molecule has 15 heteroatoms. The number of carbonyl (C=O) groups excluding carboxylic acids is 1. The molecule has 0 radical (unpaired) electrons. The number of rotatable bonds is 7. The number of hydrogen-bond acceptors (Lipinski definition) is 15. The van der Waals surface area contributed by atoms with Crippen LogP contribution in [-0.4, -0.2) is 151 Å². The van der Waals surface area contributed by atoms with Gasteiger partial charge in [-0.05, 0) is 69.6 Å². The maximum Gasteiger partial charge on any atom is 0.316 e. The first-order chi connectivity index (χ1) is 31.0. The molecule has 0 aromatic rings. The molecule has 65 heavy (non-hydrogen) atoms. The van der Waals surface area contributed by atoms with E-state index in [9.17, 15) is 25.2 Å². The molecule has 20 atom stereocenters. The molecule has 6 heterocycles. The van der Waals surface area contributed by atoms with Crippen molar-refractivity contribution < 1.29 is 72.6 Å². The van der Waals surface area contributed by atoms with Crippen molar-refractivity contribution in [2.75, 3.05) is 20.8 Å². The van der Waals surface area contributed by atoms with Crippen LogP contribution in [0, 0.1) is 23.7 Å². The summed E-state index contributed by atoms with van der Waals surface area (Å²) < 4.78 is 64.1. The Bertz CT molecular complexity index is 1780. The molecule has 4 N–H and O–H groups in total. The summed E-state index contributed by atoms with van der Waals surface area (Å²) in [4.78, 5) is 14.5. The lowest BCUT2D eigenvalue weighted by Gasteiger charge is -2.53. The van der Waals surface area contributed by atoms with Gasteiger partial charge in [0.25, 0.3) is 0 Å². The molecule has 1 saturated carbocycles. The van der Waals surface area contributed by atoms with E-state index in [2.05, 4.69) is 19.9 Å². The molecule has 0 aromatic heterocycles. The zero-order valence-electron chi connectivity index (χ0n) is 39.6. The fourth-order valence-corrected chi connectivity index (χ4v) is 12.1. The normalized spacial score (nSPS) is 50.0. The van der Waals surface area contributed by atoms with Crippen LogP contribution >= 0.6 is 0 Å². The van der Waals surface area contributed by atoms with Gasteiger partial charge in [0.2, 0.25) is 0 Å². The molecule has 6 fully saturated rings. The number of fused-ring (bicyclic) bond motifs is 2. The molecule has 2 aliphatic carbocycles. The first-order valence-electron chi connectivity index (χ1n) is 24.4.